The minimum Gasteiger partial charge on any atom is -0.466 e. The zero-order chi connectivity index (χ0) is 15.1. The maximum absolute atomic E-state index is 11.9. The van der Waals surface area contributed by atoms with Crippen LogP contribution in [-0.2, 0) is 9.53 Å². The Morgan fingerprint density at radius 2 is 2.14 bits per heavy atom. The van der Waals surface area contributed by atoms with E-state index in [4.69, 9.17) is 4.74 Å². The number of aliphatic hydroxyl groups is 1. The molecule has 0 bridgehead atoms. The van der Waals surface area contributed by atoms with Crippen molar-refractivity contribution >= 4 is 5.97 Å². The average Bonchev–Trinajstić information content (AvgIpc) is 2.54. The SMILES string of the molecule is CCOC(=O)C1CCCC(N[C@H](CO)c2ccccc2)C1. The highest BCUT2D eigenvalue weighted by atomic mass is 16.5. The summed E-state index contributed by atoms with van der Waals surface area (Å²) in [5.74, 6) is -0.0874. The predicted octanol–water partition coefficient (Wildman–Crippen LogP) is 2.43. The fourth-order valence-electron chi connectivity index (χ4n) is 3.04. The van der Waals surface area contributed by atoms with E-state index in [1.54, 1.807) is 0 Å². The van der Waals surface area contributed by atoms with Crippen molar-refractivity contribution in [3.63, 3.8) is 0 Å². The van der Waals surface area contributed by atoms with Crippen LogP contribution in [-0.4, -0.2) is 30.3 Å². The second-order valence-corrected chi connectivity index (χ2v) is 5.63. The maximum Gasteiger partial charge on any atom is 0.308 e. The number of carbonyl (C=O) groups excluding carboxylic acids is 1. The second kappa shape index (κ2) is 8.15. The molecule has 0 amide bonds. The Hall–Kier alpha value is -1.39. The van der Waals surface area contributed by atoms with E-state index in [-0.39, 0.29) is 30.6 Å². The summed E-state index contributed by atoms with van der Waals surface area (Å²) in [7, 11) is 0. The van der Waals surface area contributed by atoms with Crippen molar-refractivity contribution in [1.29, 1.82) is 0 Å². The molecule has 2 rings (SSSR count). The largest absolute Gasteiger partial charge is 0.466 e. The second-order valence-electron chi connectivity index (χ2n) is 5.63. The third-order valence-electron chi connectivity index (χ3n) is 4.12. The Bertz CT molecular complexity index is 435. The smallest absolute Gasteiger partial charge is 0.308 e. The van der Waals surface area contributed by atoms with Crippen molar-refractivity contribution in [3.8, 4) is 0 Å². The Morgan fingerprint density at radius 1 is 1.38 bits per heavy atom. The van der Waals surface area contributed by atoms with Gasteiger partial charge in [-0.15, -0.1) is 0 Å². The molecule has 21 heavy (non-hydrogen) atoms. The van der Waals surface area contributed by atoms with Crippen molar-refractivity contribution in [1.82, 2.24) is 5.32 Å². The lowest BCUT2D eigenvalue weighted by Crippen LogP contribution is -2.40. The molecule has 1 aromatic carbocycles. The molecule has 0 radical (unpaired) electrons. The molecule has 1 saturated carbocycles. The minimum atomic E-state index is -0.0794. The molecule has 1 aromatic rings. The Labute approximate surface area is 126 Å². The molecule has 116 valence electrons. The molecular weight excluding hydrogens is 266 g/mol. The van der Waals surface area contributed by atoms with E-state index < -0.39 is 0 Å². The van der Waals surface area contributed by atoms with Gasteiger partial charge in [0.25, 0.3) is 0 Å². The first kappa shape index (κ1) is 16.0. The number of hydrogen-bond donors (Lipinski definition) is 2. The van der Waals surface area contributed by atoms with Crippen molar-refractivity contribution in [2.24, 2.45) is 5.92 Å². The third kappa shape index (κ3) is 4.55. The summed E-state index contributed by atoms with van der Waals surface area (Å²) in [6, 6.07) is 10.1. The van der Waals surface area contributed by atoms with Gasteiger partial charge >= 0.3 is 5.97 Å². The molecule has 0 heterocycles. The van der Waals surface area contributed by atoms with E-state index in [1.165, 1.54) is 0 Å². The molecule has 0 spiro atoms. The molecule has 1 aliphatic rings. The fourth-order valence-corrected chi connectivity index (χ4v) is 3.04. The van der Waals surface area contributed by atoms with Crippen LogP contribution in [0.5, 0.6) is 0 Å². The first-order valence-corrected chi connectivity index (χ1v) is 7.83. The summed E-state index contributed by atoms with van der Waals surface area (Å²) >= 11 is 0. The van der Waals surface area contributed by atoms with Crippen LogP contribution >= 0.6 is 0 Å². The summed E-state index contributed by atoms with van der Waals surface area (Å²) in [5.41, 5.74) is 1.08. The number of aliphatic hydroxyl groups excluding tert-OH is 1. The Kier molecular flexibility index (Phi) is 6.21. The van der Waals surface area contributed by atoms with Gasteiger partial charge in [-0.2, -0.15) is 0 Å². The first-order chi connectivity index (χ1) is 10.2. The van der Waals surface area contributed by atoms with Crippen LogP contribution < -0.4 is 5.32 Å². The van der Waals surface area contributed by atoms with Gasteiger partial charge in [-0.05, 0) is 31.7 Å². The molecule has 0 aromatic heterocycles. The quantitative estimate of drug-likeness (QED) is 0.790. The fraction of sp³-hybridized carbons (Fsp3) is 0.588. The number of rotatable bonds is 6. The lowest BCUT2D eigenvalue weighted by atomic mass is 9.85. The lowest BCUT2D eigenvalue weighted by Gasteiger charge is -2.31. The van der Waals surface area contributed by atoms with Gasteiger partial charge in [0.15, 0.2) is 0 Å². The van der Waals surface area contributed by atoms with Crippen LogP contribution in [0, 0.1) is 5.92 Å². The highest BCUT2D eigenvalue weighted by Gasteiger charge is 2.29. The van der Waals surface area contributed by atoms with Crippen molar-refractivity contribution in [2.75, 3.05) is 13.2 Å². The van der Waals surface area contributed by atoms with Crippen LogP contribution in [0.4, 0.5) is 0 Å². The molecule has 4 heteroatoms. The lowest BCUT2D eigenvalue weighted by molar-refractivity contribution is -0.149. The molecule has 0 saturated heterocycles. The highest BCUT2D eigenvalue weighted by molar-refractivity contribution is 5.72. The minimum absolute atomic E-state index is 0.00804. The number of esters is 1. The van der Waals surface area contributed by atoms with Crippen LogP contribution in [0.25, 0.3) is 0 Å². The van der Waals surface area contributed by atoms with Crippen molar-refractivity contribution < 1.29 is 14.6 Å². The summed E-state index contributed by atoms with van der Waals surface area (Å²) in [6.07, 6.45) is 3.77. The van der Waals surface area contributed by atoms with Gasteiger partial charge < -0.3 is 15.2 Å². The van der Waals surface area contributed by atoms with Crippen molar-refractivity contribution in [2.45, 2.75) is 44.7 Å². The zero-order valence-electron chi connectivity index (χ0n) is 12.6. The third-order valence-corrected chi connectivity index (χ3v) is 4.12. The predicted molar refractivity (Wildman–Crippen MR) is 81.8 cm³/mol. The first-order valence-electron chi connectivity index (χ1n) is 7.83. The molecule has 4 nitrogen and oxygen atoms in total. The number of hydrogen-bond acceptors (Lipinski definition) is 4. The van der Waals surface area contributed by atoms with E-state index in [9.17, 15) is 9.90 Å². The van der Waals surface area contributed by atoms with E-state index in [0.29, 0.717) is 6.61 Å². The van der Waals surface area contributed by atoms with Gasteiger partial charge in [-0.3, -0.25) is 4.79 Å². The monoisotopic (exact) mass is 291 g/mol. The van der Waals surface area contributed by atoms with E-state index in [1.807, 2.05) is 37.3 Å². The van der Waals surface area contributed by atoms with Gasteiger partial charge in [0.2, 0.25) is 0 Å². The van der Waals surface area contributed by atoms with Crippen LogP contribution in [0.15, 0.2) is 30.3 Å². The van der Waals surface area contributed by atoms with Gasteiger partial charge in [0.1, 0.15) is 0 Å². The Morgan fingerprint density at radius 3 is 2.81 bits per heavy atom. The number of benzene rings is 1. The van der Waals surface area contributed by atoms with Gasteiger partial charge in [-0.25, -0.2) is 0 Å². The molecule has 0 aliphatic heterocycles. The zero-order valence-corrected chi connectivity index (χ0v) is 12.6. The molecular formula is C17H25NO3. The maximum atomic E-state index is 11.9. The van der Waals surface area contributed by atoms with Crippen LogP contribution in [0.3, 0.4) is 0 Å². The van der Waals surface area contributed by atoms with Crippen LogP contribution in [0.1, 0.15) is 44.2 Å². The van der Waals surface area contributed by atoms with Gasteiger partial charge in [0.05, 0.1) is 25.2 Å². The van der Waals surface area contributed by atoms with E-state index >= 15 is 0 Å². The highest BCUT2D eigenvalue weighted by Crippen LogP contribution is 2.27. The van der Waals surface area contributed by atoms with Gasteiger partial charge in [-0.1, -0.05) is 36.8 Å². The standard InChI is InChI=1S/C17H25NO3/c1-2-21-17(20)14-9-6-10-15(11-14)18-16(12-19)13-7-4-3-5-8-13/h3-5,7-8,14-16,18-19H,2,6,9-12H2,1H3/t14?,15?,16-/m1/s1. The summed E-state index contributed by atoms with van der Waals surface area (Å²) in [4.78, 5) is 11.9. The number of carbonyl (C=O) groups is 1. The normalized spacial score (nSPS) is 23.5. The number of ether oxygens (including phenoxy) is 1. The molecule has 2 unspecified atom stereocenters. The Balaban J connectivity index is 1.93. The van der Waals surface area contributed by atoms with Crippen LogP contribution in [0.2, 0.25) is 0 Å². The average molecular weight is 291 g/mol. The van der Waals surface area contributed by atoms with E-state index in [0.717, 1.165) is 31.2 Å². The summed E-state index contributed by atoms with van der Waals surface area (Å²) < 4.78 is 5.13. The molecule has 1 fully saturated rings. The summed E-state index contributed by atoms with van der Waals surface area (Å²) in [6.45, 7) is 2.34. The van der Waals surface area contributed by atoms with E-state index in [2.05, 4.69) is 5.32 Å². The molecule has 1 aliphatic carbocycles. The summed E-state index contributed by atoms with van der Waals surface area (Å²) in [5, 5.41) is 13.1. The molecule has 2 N–H and O–H groups in total. The van der Waals surface area contributed by atoms with Gasteiger partial charge in [0, 0.05) is 6.04 Å². The topological polar surface area (TPSA) is 58.6 Å². The van der Waals surface area contributed by atoms with Crippen molar-refractivity contribution in [3.05, 3.63) is 35.9 Å². The molecule has 3 atom stereocenters. The number of nitrogens with one attached hydrogen (secondary N) is 1.